The zero-order valence-corrected chi connectivity index (χ0v) is 12.4. The Bertz CT molecular complexity index is 567. The summed E-state index contributed by atoms with van der Waals surface area (Å²) in [6, 6.07) is 5.95. The standard InChI is InChI=1S/C14H20N2OS/c1-13(2,14(3,4)15)12-16-10-7-6-9(17-5)8-11(10)18-12/h6-8H,15H2,1-5H3. The summed E-state index contributed by atoms with van der Waals surface area (Å²) in [7, 11) is 1.68. The van der Waals surface area contributed by atoms with Crippen molar-refractivity contribution in [3.63, 3.8) is 0 Å². The highest BCUT2D eigenvalue weighted by atomic mass is 32.1. The normalized spacial score (nSPS) is 13.0. The van der Waals surface area contributed by atoms with Crippen molar-refractivity contribution >= 4 is 21.6 Å². The number of nitrogens with zero attached hydrogens (tertiary/aromatic N) is 1. The van der Waals surface area contributed by atoms with Gasteiger partial charge in [0.1, 0.15) is 10.8 Å². The first-order valence-corrected chi connectivity index (χ1v) is 6.81. The Morgan fingerprint density at radius 3 is 2.44 bits per heavy atom. The first kappa shape index (κ1) is 13.3. The van der Waals surface area contributed by atoms with E-state index in [-0.39, 0.29) is 11.0 Å². The van der Waals surface area contributed by atoms with Gasteiger partial charge < -0.3 is 10.5 Å². The summed E-state index contributed by atoms with van der Waals surface area (Å²) in [5, 5.41) is 1.07. The molecule has 0 aliphatic carbocycles. The second kappa shape index (κ2) is 4.21. The molecular weight excluding hydrogens is 244 g/mol. The third-order valence-corrected chi connectivity index (χ3v) is 5.08. The molecule has 0 spiro atoms. The van der Waals surface area contributed by atoms with Crippen molar-refractivity contribution in [3.8, 4) is 5.75 Å². The van der Waals surface area contributed by atoms with Crippen molar-refractivity contribution in [2.45, 2.75) is 38.6 Å². The second-order valence-electron chi connectivity index (χ2n) is 5.70. The third-order valence-electron chi connectivity index (χ3n) is 3.74. The van der Waals surface area contributed by atoms with Crippen LogP contribution in [0.15, 0.2) is 18.2 Å². The first-order chi connectivity index (χ1) is 8.25. The Labute approximate surface area is 112 Å². The fraction of sp³-hybridized carbons (Fsp3) is 0.500. The Kier molecular flexibility index (Phi) is 3.11. The summed E-state index contributed by atoms with van der Waals surface area (Å²) in [6.07, 6.45) is 0. The highest BCUT2D eigenvalue weighted by Gasteiger charge is 2.37. The zero-order chi connectivity index (χ0) is 13.6. The Balaban J connectivity index is 2.54. The molecule has 0 bridgehead atoms. The predicted octanol–water partition coefficient (Wildman–Crippen LogP) is 3.32. The maximum Gasteiger partial charge on any atom is 0.120 e. The van der Waals surface area contributed by atoms with Crippen molar-refractivity contribution in [1.82, 2.24) is 4.98 Å². The molecule has 0 aliphatic rings. The molecule has 1 aromatic heterocycles. The lowest BCUT2D eigenvalue weighted by Crippen LogP contribution is -2.50. The lowest BCUT2D eigenvalue weighted by molar-refractivity contribution is 0.306. The van der Waals surface area contributed by atoms with E-state index in [9.17, 15) is 0 Å². The van der Waals surface area contributed by atoms with Crippen molar-refractivity contribution < 1.29 is 4.74 Å². The fourth-order valence-electron chi connectivity index (χ4n) is 1.57. The third kappa shape index (κ3) is 2.10. The van der Waals surface area contributed by atoms with Crippen molar-refractivity contribution in [3.05, 3.63) is 23.2 Å². The molecule has 0 fully saturated rings. The SMILES string of the molecule is COc1ccc2nc(C(C)(C)C(C)(C)N)sc2c1. The molecule has 3 nitrogen and oxygen atoms in total. The van der Waals surface area contributed by atoms with Gasteiger partial charge in [-0.2, -0.15) is 0 Å². The van der Waals surface area contributed by atoms with Crippen molar-refractivity contribution in [1.29, 1.82) is 0 Å². The van der Waals surface area contributed by atoms with Gasteiger partial charge in [0.15, 0.2) is 0 Å². The van der Waals surface area contributed by atoms with Crippen LogP contribution < -0.4 is 10.5 Å². The van der Waals surface area contributed by atoms with Gasteiger partial charge in [-0.3, -0.25) is 0 Å². The number of thiazole rings is 1. The van der Waals surface area contributed by atoms with Gasteiger partial charge in [0, 0.05) is 11.0 Å². The van der Waals surface area contributed by atoms with Crippen LogP contribution in [0.25, 0.3) is 10.2 Å². The van der Waals surface area contributed by atoms with Crippen LogP contribution in [-0.2, 0) is 5.41 Å². The Morgan fingerprint density at radius 1 is 1.22 bits per heavy atom. The lowest BCUT2D eigenvalue weighted by atomic mass is 9.76. The summed E-state index contributed by atoms with van der Waals surface area (Å²) in [4.78, 5) is 4.71. The molecule has 0 saturated heterocycles. The molecule has 0 saturated carbocycles. The monoisotopic (exact) mass is 264 g/mol. The quantitative estimate of drug-likeness (QED) is 0.925. The van der Waals surface area contributed by atoms with Crippen LogP contribution in [0.1, 0.15) is 32.7 Å². The zero-order valence-electron chi connectivity index (χ0n) is 11.6. The summed E-state index contributed by atoms with van der Waals surface area (Å²) in [6.45, 7) is 8.36. The second-order valence-corrected chi connectivity index (χ2v) is 6.73. The van der Waals surface area contributed by atoms with Crippen molar-refractivity contribution in [2.24, 2.45) is 5.73 Å². The van der Waals surface area contributed by atoms with Crippen LogP contribution >= 0.6 is 11.3 Å². The molecule has 0 atom stereocenters. The number of methoxy groups -OCH3 is 1. The van der Waals surface area contributed by atoms with Crippen LogP contribution in [0.4, 0.5) is 0 Å². The van der Waals surface area contributed by atoms with Crippen LogP contribution in [0.2, 0.25) is 0 Å². The van der Waals surface area contributed by atoms with Crippen LogP contribution in [0.3, 0.4) is 0 Å². The number of benzene rings is 1. The minimum atomic E-state index is -0.315. The number of hydrogen-bond acceptors (Lipinski definition) is 4. The topological polar surface area (TPSA) is 48.1 Å². The van der Waals surface area contributed by atoms with Gasteiger partial charge in [0.05, 0.1) is 17.3 Å². The summed E-state index contributed by atoms with van der Waals surface area (Å²) in [5.41, 5.74) is 6.80. The molecule has 1 heterocycles. The molecule has 0 radical (unpaired) electrons. The van der Waals surface area contributed by atoms with Gasteiger partial charge in [-0.15, -0.1) is 11.3 Å². The lowest BCUT2D eigenvalue weighted by Gasteiger charge is -2.36. The van der Waals surface area contributed by atoms with E-state index in [4.69, 9.17) is 15.5 Å². The molecule has 1 aromatic carbocycles. The molecule has 2 aromatic rings. The minimum Gasteiger partial charge on any atom is -0.497 e. The van der Waals surface area contributed by atoms with Gasteiger partial charge in [-0.05, 0) is 32.0 Å². The van der Waals surface area contributed by atoms with E-state index in [1.165, 1.54) is 0 Å². The molecular formula is C14H20N2OS. The first-order valence-electron chi connectivity index (χ1n) is 5.99. The van der Waals surface area contributed by atoms with E-state index in [2.05, 4.69) is 13.8 Å². The summed E-state index contributed by atoms with van der Waals surface area (Å²) in [5.74, 6) is 0.863. The maximum absolute atomic E-state index is 6.27. The van der Waals surface area contributed by atoms with Crippen molar-refractivity contribution in [2.75, 3.05) is 7.11 Å². The molecule has 0 amide bonds. The number of rotatable bonds is 3. The average molecular weight is 264 g/mol. The van der Waals surface area contributed by atoms with E-state index in [0.717, 1.165) is 21.0 Å². The molecule has 0 unspecified atom stereocenters. The molecule has 4 heteroatoms. The van der Waals surface area contributed by atoms with Gasteiger partial charge in [-0.25, -0.2) is 4.98 Å². The van der Waals surface area contributed by atoms with Gasteiger partial charge in [0.25, 0.3) is 0 Å². The number of hydrogen-bond donors (Lipinski definition) is 1. The van der Waals surface area contributed by atoms with E-state index in [1.807, 2.05) is 32.0 Å². The number of ether oxygens (including phenoxy) is 1. The Hall–Kier alpha value is -1.13. The van der Waals surface area contributed by atoms with E-state index in [0.29, 0.717) is 0 Å². The van der Waals surface area contributed by atoms with E-state index in [1.54, 1.807) is 18.4 Å². The maximum atomic E-state index is 6.27. The molecule has 2 N–H and O–H groups in total. The molecule has 98 valence electrons. The number of fused-ring (bicyclic) bond motifs is 1. The number of nitrogens with two attached hydrogens (primary N) is 1. The van der Waals surface area contributed by atoms with Crippen LogP contribution in [0.5, 0.6) is 5.75 Å². The molecule has 0 aliphatic heterocycles. The minimum absolute atomic E-state index is 0.163. The summed E-state index contributed by atoms with van der Waals surface area (Å²) < 4.78 is 6.38. The molecule has 2 rings (SSSR count). The highest BCUT2D eigenvalue weighted by Crippen LogP contribution is 2.38. The van der Waals surface area contributed by atoms with Gasteiger partial charge >= 0.3 is 0 Å². The van der Waals surface area contributed by atoms with E-state index >= 15 is 0 Å². The predicted molar refractivity (Wildman–Crippen MR) is 77.5 cm³/mol. The Morgan fingerprint density at radius 2 is 1.89 bits per heavy atom. The largest absolute Gasteiger partial charge is 0.497 e. The average Bonchev–Trinajstić information content (AvgIpc) is 2.70. The van der Waals surface area contributed by atoms with Gasteiger partial charge in [-0.1, -0.05) is 13.8 Å². The number of aromatic nitrogens is 1. The fourth-order valence-corrected chi connectivity index (χ4v) is 2.84. The van der Waals surface area contributed by atoms with Crippen LogP contribution in [0, 0.1) is 0 Å². The highest BCUT2D eigenvalue weighted by molar-refractivity contribution is 7.18. The van der Waals surface area contributed by atoms with Gasteiger partial charge in [0.2, 0.25) is 0 Å². The van der Waals surface area contributed by atoms with E-state index < -0.39 is 0 Å². The smallest absolute Gasteiger partial charge is 0.120 e. The van der Waals surface area contributed by atoms with Crippen LogP contribution in [-0.4, -0.2) is 17.6 Å². The molecule has 18 heavy (non-hydrogen) atoms. The summed E-state index contributed by atoms with van der Waals surface area (Å²) >= 11 is 1.69.